The highest BCUT2D eigenvalue weighted by Crippen LogP contribution is 2.40. The zero-order chi connectivity index (χ0) is 14.2. The zero-order valence-electron chi connectivity index (χ0n) is 12.5. The van der Waals surface area contributed by atoms with E-state index >= 15 is 0 Å². The van der Waals surface area contributed by atoms with Crippen LogP contribution in [-0.4, -0.2) is 43.7 Å². The first-order valence-electron chi connectivity index (χ1n) is 8.49. The molecule has 0 radical (unpaired) electrons. The molecule has 2 heterocycles. The molecule has 4 aliphatic rings. The number of nitrogens with one attached hydrogen (secondary N) is 1. The minimum absolute atomic E-state index is 0.259. The van der Waals surface area contributed by atoms with Crippen LogP contribution in [0.15, 0.2) is 0 Å². The lowest BCUT2D eigenvalue weighted by Crippen LogP contribution is -2.30. The lowest BCUT2D eigenvalue weighted by atomic mass is 9.87. The third-order valence-electron chi connectivity index (χ3n) is 5.50. The second-order valence-electron chi connectivity index (χ2n) is 7.10. The highest BCUT2D eigenvalue weighted by molar-refractivity contribution is 5.67. The summed E-state index contributed by atoms with van der Waals surface area (Å²) in [6.45, 7) is 1.26. The van der Waals surface area contributed by atoms with E-state index in [2.05, 4.69) is 5.32 Å². The maximum Gasteiger partial charge on any atom is 0.407 e. The van der Waals surface area contributed by atoms with Crippen molar-refractivity contribution in [3.05, 3.63) is 0 Å². The Bertz CT molecular complexity index is 402. The lowest BCUT2D eigenvalue weighted by molar-refractivity contribution is 0.117. The molecule has 0 aromatic rings. The van der Waals surface area contributed by atoms with Gasteiger partial charge >= 0.3 is 6.09 Å². The molecule has 6 atom stereocenters. The number of carbonyl (C=O) groups excluding carboxylic acids is 1. The standard InChI is InChI=1S/C16H25NO4/c18-16(19-9-11-2-4-13-15(8-11)21-13)17-6-5-10-1-3-12-14(7-10)20-12/h10-15H,1-9H2,(H,17,18). The summed E-state index contributed by atoms with van der Waals surface area (Å²) in [5.41, 5.74) is 0. The molecule has 118 valence electrons. The van der Waals surface area contributed by atoms with Crippen molar-refractivity contribution in [3.8, 4) is 0 Å². The van der Waals surface area contributed by atoms with Gasteiger partial charge in [-0.05, 0) is 56.8 Å². The van der Waals surface area contributed by atoms with Crippen molar-refractivity contribution in [1.29, 1.82) is 0 Å². The van der Waals surface area contributed by atoms with Crippen molar-refractivity contribution in [1.82, 2.24) is 5.32 Å². The Hall–Kier alpha value is -0.810. The Kier molecular flexibility index (Phi) is 3.79. The predicted molar refractivity (Wildman–Crippen MR) is 76.0 cm³/mol. The van der Waals surface area contributed by atoms with Gasteiger partial charge in [-0.15, -0.1) is 0 Å². The summed E-state index contributed by atoms with van der Waals surface area (Å²) in [6, 6.07) is 0. The Morgan fingerprint density at radius 3 is 2.33 bits per heavy atom. The van der Waals surface area contributed by atoms with Crippen molar-refractivity contribution in [2.75, 3.05) is 13.2 Å². The second-order valence-corrected chi connectivity index (χ2v) is 7.10. The number of rotatable bonds is 5. The van der Waals surface area contributed by atoms with Crippen LogP contribution in [0.25, 0.3) is 0 Å². The number of hydrogen-bond acceptors (Lipinski definition) is 4. The molecule has 5 nitrogen and oxygen atoms in total. The van der Waals surface area contributed by atoms with Crippen molar-refractivity contribution < 1.29 is 19.0 Å². The molecule has 0 bridgehead atoms. The van der Waals surface area contributed by atoms with E-state index in [-0.39, 0.29) is 6.09 Å². The quantitative estimate of drug-likeness (QED) is 0.790. The van der Waals surface area contributed by atoms with Gasteiger partial charge in [0.2, 0.25) is 0 Å². The van der Waals surface area contributed by atoms with Gasteiger partial charge in [0.1, 0.15) is 0 Å². The molecule has 5 heteroatoms. The molecule has 2 aliphatic carbocycles. The maximum atomic E-state index is 11.7. The molecular weight excluding hydrogens is 270 g/mol. The summed E-state index contributed by atoms with van der Waals surface area (Å²) in [7, 11) is 0. The van der Waals surface area contributed by atoms with Crippen molar-refractivity contribution in [2.24, 2.45) is 11.8 Å². The monoisotopic (exact) mass is 295 g/mol. The second kappa shape index (κ2) is 5.76. The van der Waals surface area contributed by atoms with Crippen LogP contribution in [0.3, 0.4) is 0 Å². The first kappa shape index (κ1) is 13.8. The molecule has 1 N–H and O–H groups in total. The van der Waals surface area contributed by atoms with E-state index in [0.717, 1.165) is 32.2 Å². The van der Waals surface area contributed by atoms with Gasteiger partial charge < -0.3 is 19.5 Å². The van der Waals surface area contributed by atoms with Gasteiger partial charge in [-0.3, -0.25) is 0 Å². The van der Waals surface area contributed by atoms with Crippen LogP contribution in [-0.2, 0) is 14.2 Å². The minimum atomic E-state index is -0.259. The number of fused-ring (bicyclic) bond motifs is 2. The molecule has 0 spiro atoms. The number of alkyl carbamates (subject to hydrolysis) is 1. The van der Waals surface area contributed by atoms with Crippen molar-refractivity contribution >= 4 is 6.09 Å². The SMILES string of the molecule is O=C(NCCC1CCC2OC2C1)OCC1CCC2OC2C1. The summed E-state index contributed by atoms with van der Waals surface area (Å²) in [5, 5.41) is 2.89. The first-order valence-corrected chi connectivity index (χ1v) is 8.49. The fourth-order valence-corrected chi connectivity index (χ4v) is 4.01. The number of epoxide rings is 2. The largest absolute Gasteiger partial charge is 0.449 e. The molecule has 2 saturated carbocycles. The molecule has 21 heavy (non-hydrogen) atoms. The minimum Gasteiger partial charge on any atom is -0.449 e. The molecule has 4 rings (SSSR count). The maximum absolute atomic E-state index is 11.7. The smallest absolute Gasteiger partial charge is 0.407 e. The Balaban J connectivity index is 1.07. The fraction of sp³-hybridized carbons (Fsp3) is 0.938. The van der Waals surface area contributed by atoms with Gasteiger partial charge in [-0.2, -0.15) is 0 Å². The van der Waals surface area contributed by atoms with E-state index in [0.29, 0.717) is 42.9 Å². The van der Waals surface area contributed by atoms with E-state index in [9.17, 15) is 4.79 Å². The Labute approximate surface area is 125 Å². The van der Waals surface area contributed by atoms with Gasteiger partial charge in [0.15, 0.2) is 0 Å². The van der Waals surface area contributed by atoms with Crippen molar-refractivity contribution in [2.45, 2.75) is 69.4 Å². The van der Waals surface area contributed by atoms with E-state index in [1.54, 1.807) is 0 Å². The van der Waals surface area contributed by atoms with E-state index in [1.807, 2.05) is 0 Å². The lowest BCUT2D eigenvalue weighted by Gasteiger charge is -2.20. The third-order valence-corrected chi connectivity index (χ3v) is 5.50. The number of ether oxygens (including phenoxy) is 3. The van der Waals surface area contributed by atoms with Gasteiger partial charge in [-0.25, -0.2) is 4.79 Å². The summed E-state index contributed by atoms with van der Waals surface area (Å²) in [6.07, 6.45) is 9.76. The van der Waals surface area contributed by atoms with Crippen molar-refractivity contribution in [3.63, 3.8) is 0 Å². The van der Waals surface area contributed by atoms with Gasteiger partial charge in [-0.1, -0.05) is 0 Å². The van der Waals surface area contributed by atoms with Crippen LogP contribution >= 0.6 is 0 Å². The first-order chi connectivity index (χ1) is 10.3. The molecule has 0 aromatic heterocycles. The highest BCUT2D eigenvalue weighted by atomic mass is 16.6. The van der Waals surface area contributed by atoms with Crippen LogP contribution in [0.5, 0.6) is 0 Å². The van der Waals surface area contributed by atoms with Crippen LogP contribution in [0.4, 0.5) is 4.79 Å². The number of amides is 1. The van der Waals surface area contributed by atoms with E-state index in [1.165, 1.54) is 19.3 Å². The molecule has 1 amide bonds. The predicted octanol–water partition coefficient (Wildman–Crippen LogP) is 2.24. The average molecular weight is 295 g/mol. The summed E-state index contributed by atoms with van der Waals surface area (Å²) >= 11 is 0. The molecule has 2 saturated heterocycles. The van der Waals surface area contributed by atoms with Gasteiger partial charge in [0.05, 0.1) is 31.0 Å². The Morgan fingerprint density at radius 1 is 0.952 bits per heavy atom. The Morgan fingerprint density at radius 2 is 1.62 bits per heavy atom. The van der Waals surface area contributed by atoms with Crippen LogP contribution in [0.1, 0.15) is 44.9 Å². The van der Waals surface area contributed by atoms with Crippen LogP contribution < -0.4 is 5.32 Å². The zero-order valence-corrected chi connectivity index (χ0v) is 12.5. The highest BCUT2D eigenvalue weighted by Gasteiger charge is 2.44. The van der Waals surface area contributed by atoms with E-state index < -0.39 is 0 Å². The molecular formula is C16H25NO4. The summed E-state index contributed by atoms with van der Waals surface area (Å²) in [4.78, 5) is 11.7. The van der Waals surface area contributed by atoms with Crippen LogP contribution in [0, 0.1) is 11.8 Å². The molecule has 6 unspecified atom stereocenters. The molecule has 0 aromatic carbocycles. The fourth-order valence-electron chi connectivity index (χ4n) is 4.01. The number of carbonyl (C=O) groups is 1. The third kappa shape index (κ3) is 3.51. The normalized spacial score (nSPS) is 43.4. The van der Waals surface area contributed by atoms with Gasteiger partial charge in [0.25, 0.3) is 0 Å². The van der Waals surface area contributed by atoms with E-state index in [4.69, 9.17) is 14.2 Å². The summed E-state index contributed by atoms with van der Waals surface area (Å²) < 4.78 is 16.4. The number of hydrogen-bond donors (Lipinski definition) is 1. The average Bonchev–Trinajstić information content (AvgIpc) is 3.37. The summed E-state index contributed by atoms with van der Waals surface area (Å²) in [5.74, 6) is 1.19. The van der Waals surface area contributed by atoms with Gasteiger partial charge in [0, 0.05) is 6.54 Å². The molecule has 4 fully saturated rings. The molecule has 2 aliphatic heterocycles. The topological polar surface area (TPSA) is 63.4 Å². The van der Waals surface area contributed by atoms with Crippen LogP contribution in [0.2, 0.25) is 0 Å².